The number of nitrogens with one attached hydrogen (secondary N) is 1. The van der Waals surface area contributed by atoms with Crippen LogP contribution < -0.4 is 10.1 Å². The molecule has 0 atom stereocenters. The van der Waals surface area contributed by atoms with Gasteiger partial charge in [-0.1, -0.05) is 6.07 Å². The van der Waals surface area contributed by atoms with Crippen molar-refractivity contribution in [2.45, 2.75) is 13.8 Å². The normalized spacial score (nSPS) is 10.2. The molecule has 4 heteroatoms. The Morgan fingerprint density at radius 2 is 1.94 bits per heavy atom. The van der Waals surface area contributed by atoms with E-state index < -0.39 is 0 Å². The van der Waals surface area contributed by atoms with Crippen LogP contribution in [-0.2, 0) is 0 Å². The number of hydrogen-bond acceptors (Lipinski definition) is 4. The van der Waals surface area contributed by atoms with Gasteiger partial charge in [0.15, 0.2) is 0 Å². The highest BCUT2D eigenvalue weighted by Crippen LogP contribution is 2.33. The van der Waals surface area contributed by atoms with Crippen LogP contribution in [0.1, 0.15) is 11.1 Å². The first-order valence-electron chi connectivity index (χ1n) is 5.81. The van der Waals surface area contributed by atoms with E-state index in [2.05, 4.69) is 28.3 Å². The van der Waals surface area contributed by atoms with Gasteiger partial charge in [-0.3, -0.25) is 4.98 Å². The van der Waals surface area contributed by atoms with Crippen LogP contribution in [0.25, 0.3) is 11.3 Å². The van der Waals surface area contributed by atoms with E-state index >= 15 is 0 Å². The lowest BCUT2D eigenvalue weighted by Gasteiger charge is -2.13. The molecule has 18 heavy (non-hydrogen) atoms. The minimum absolute atomic E-state index is 0.743. The predicted octanol–water partition coefficient (Wildman–Crippen LogP) is 2.81. The third-order valence-corrected chi connectivity index (χ3v) is 3.05. The summed E-state index contributed by atoms with van der Waals surface area (Å²) < 4.78 is 5.50. The fraction of sp³-hybridized carbons (Fsp3) is 0.286. The summed E-state index contributed by atoms with van der Waals surface area (Å²) in [6, 6.07) is 4.09. The molecule has 2 aromatic rings. The van der Waals surface area contributed by atoms with E-state index in [4.69, 9.17) is 4.74 Å². The van der Waals surface area contributed by atoms with Gasteiger partial charge in [-0.15, -0.1) is 0 Å². The summed E-state index contributed by atoms with van der Waals surface area (Å²) in [6.07, 6.45) is 3.44. The molecule has 0 amide bonds. The van der Waals surface area contributed by atoms with Crippen molar-refractivity contribution >= 4 is 5.82 Å². The molecule has 1 heterocycles. The molecule has 1 N–H and O–H groups in total. The fourth-order valence-corrected chi connectivity index (χ4v) is 1.87. The molecule has 0 saturated heterocycles. The molecule has 1 aromatic heterocycles. The maximum absolute atomic E-state index is 5.50. The van der Waals surface area contributed by atoms with Crippen molar-refractivity contribution in [3.05, 3.63) is 35.7 Å². The lowest BCUT2D eigenvalue weighted by Crippen LogP contribution is -1.98. The van der Waals surface area contributed by atoms with Crippen LogP contribution in [0, 0.1) is 13.8 Å². The molecule has 0 unspecified atom stereocenters. The molecule has 1 aromatic carbocycles. The highest BCUT2D eigenvalue weighted by atomic mass is 16.5. The summed E-state index contributed by atoms with van der Waals surface area (Å²) in [4.78, 5) is 8.67. The Morgan fingerprint density at radius 3 is 2.61 bits per heavy atom. The minimum atomic E-state index is 0.743. The third-order valence-electron chi connectivity index (χ3n) is 3.05. The summed E-state index contributed by atoms with van der Waals surface area (Å²) in [6.45, 7) is 4.12. The number of aromatic nitrogens is 2. The van der Waals surface area contributed by atoms with E-state index in [0.29, 0.717) is 0 Å². The summed E-state index contributed by atoms with van der Waals surface area (Å²) in [5, 5.41) is 2.99. The zero-order chi connectivity index (χ0) is 13.1. The second kappa shape index (κ2) is 5.04. The Labute approximate surface area is 107 Å². The van der Waals surface area contributed by atoms with Gasteiger partial charge in [0.1, 0.15) is 11.6 Å². The van der Waals surface area contributed by atoms with E-state index in [1.165, 1.54) is 5.56 Å². The monoisotopic (exact) mass is 243 g/mol. The molecular weight excluding hydrogens is 226 g/mol. The Balaban J connectivity index is 2.59. The first-order chi connectivity index (χ1) is 8.67. The lowest BCUT2D eigenvalue weighted by atomic mass is 10.0. The SMILES string of the molecule is CNc1cncc(-c2ccc(C)c(C)c2OC)n1. The number of hydrogen-bond donors (Lipinski definition) is 1. The van der Waals surface area contributed by atoms with Gasteiger partial charge >= 0.3 is 0 Å². The zero-order valence-corrected chi connectivity index (χ0v) is 11.1. The Morgan fingerprint density at radius 1 is 1.17 bits per heavy atom. The number of anilines is 1. The number of nitrogens with zero attached hydrogens (tertiary/aromatic N) is 2. The van der Waals surface area contributed by atoms with Crippen LogP contribution in [0.4, 0.5) is 5.82 Å². The van der Waals surface area contributed by atoms with Crippen molar-refractivity contribution in [1.82, 2.24) is 9.97 Å². The van der Waals surface area contributed by atoms with Crippen molar-refractivity contribution in [2.75, 3.05) is 19.5 Å². The highest BCUT2D eigenvalue weighted by Gasteiger charge is 2.12. The number of rotatable bonds is 3. The smallest absolute Gasteiger partial charge is 0.144 e. The first kappa shape index (κ1) is 12.4. The van der Waals surface area contributed by atoms with Gasteiger partial charge < -0.3 is 10.1 Å². The Kier molecular flexibility index (Phi) is 3.46. The van der Waals surface area contributed by atoms with Gasteiger partial charge in [-0.25, -0.2) is 4.98 Å². The molecule has 94 valence electrons. The van der Waals surface area contributed by atoms with Crippen molar-refractivity contribution in [3.8, 4) is 17.0 Å². The van der Waals surface area contributed by atoms with Gasteiger partial charge in [0.25, 0.3) is 0 Å². The van der Waals surface area contributed by atoms with E-state index in [1.54, 1.807) is 19.5 Å². The van der Waals surface area contributed by atoms with Crippen LogP contribution in [0.5, 0.6) is 5.75 Å². The molecule has 4 nitrogen and oxygen atoms in total. The summed E-state index contributed by atoms with van der Waals surface area (Å²) in [5.74, 6) is 1.60. The summed E-state index contributed by atoms with van der Waals surface area (Å²) >= 11 is 0. The average molecular weight is 243 g/mol. The maximum Gasteiger partial charge on any atom is 0.144 e. The Hall–Kier alpha value is -2.10. The second-order valence-electron chi connectivity index (χ2n) is 4.13. The van der Waals surface area contributed by atoms with Crippen LogP contribution in [0.3, 0.4) is 0 Å². The number of methoxy groups -OCH3 is 1. The van der Waals surface area contributed by atoms with Crippen LogP contribution in [0.2, 0.25) is 0 Å². The van der Waals surface area contributed by atoms with E-state index in [0.717, 1.165) is 28.4 Å². The van der Waals surface area contributed by atoms with Gasteiger partial charge in [0, 0.05) is 12.6 Å². The summed E-state index contributed by atoms with van der Waals surface area (Å²) in [7, 11) is 3.51. The second-order valence-corrected chi connectivity index (χ2v) is 4.13. The molecular formula is C14H17N3O. The molecule has 0 aliphatic heterocycles. The Bertz CT molecular complexity index is 567. The zero-order valence-electron chi connectivity index (χ0n) is 11.1. The average Bonchev–Trinajstić information content (AvgIpc) is 2.41. The first-order valence-corrected chi connectivity index (χ1v) is 5.81. The van der Waals surface area contributed by atoms with Gasteiger partial charge in [0.05, 0.1) is 25.2 Å². The minimum Gasteiger partial charge on any atom is -0.496 e. The van der Waals surface area contributed by atoms with Gasteiger partial charge in [-0.05, 0) is 31.0 Å². The van der Waals surface area contributed by atoms with Crippen molar-refractivity contribution in [3.63, 3.8) is 0 Å². The quantitative estimate of drug-likeness (QED) is 0.900. The predicted molar refractivity (Wildman–Crippen MR) is 73.0 cm³/mol. The van der Waals surface area contributed by atoms with Crippen LogP contribution >= 0.6 is 0 Å². The molecule has 2 rings (SSSR count). The molecule has 0 aliphatic rings. The summed E-state index contributed by atoms with van der Waals surface area (Å²) in [5.41, 5.74) is 4.10. The number of ether oxygens (including phenoxy) is 1. The van der Waals surface area contributed by atoms with E-state index in [1.807, 2.05) is 20.0 Å². The fourth-order valence-electron chi connectivity index (χ4n) is 1.87. The molecule has 0 bridgehead atoms. The van der Waals surface area contributed by atoms with Crippen molar-refractivity contribution in [1.29, 1.82) is 0 Å². The van der Waals surface area contributed by atoms with Crippen LogP contribution in [0.15, 0.2) is 24.5 Å². The molecule has 0 aliphatic carbocycles. The van der Waals surface area contributed by atoms with Gasteiger partial charge in [0.2, 0.25) is 0 Å². The van der Waals surface area contributed by atoms with Crippen molar-refractivity contribution in [2.24, 2.45) is 0 Å². The van der Waals surface area contributed by atoms with Gasteiger partial charge in [-0.2, -0.15) is 0 Å². The lowest BCUT2D eigenvalue weighted by molar-refractivity contribution is 0.413. The third kappa shape index (κ3) is 2.14. The molecule has 0 saturated carbocycles. The largest absolute Gasteiger partial charge is 0.496 e. The van der Waals surface area contributed by atoms with Crippen LogP contribution in [-0.4, -0.2) is 24.1 Å². The van der Waals surface area contributed by atoms with E-state index in [9.17, 15) is 0 Å². The molecule has 0 radical (unpaired) electrons. The highest BCUT2D eigenvalue weighted by molar-refractivity contribution is 5.70. The maximum atomic E-state index is 5.50. The van der Waals surface area contributed by atoms with E-state index in [-0.39, 0.29) is 0 Å². The van der Waals surface area contributed by atoms with Crippen molar-refractivity contribution < 1.29 is 4.74 Å². The number of aryl methyl sites for hydroxylation is 1. The molecule has 0 spiro atoms. The number of benzene rings is 1. The standard InChI is InChI=1S/C14H17N3O/c1-9-5-6-11(14(18-4)10(9)2)12-7-16-8-13(15-3)17-12/h5-8H,1-4H3,(H,15,17). The molecule has 0 fully saturated rings. The topological polar surface area (TPSA) is 47.0 Å².